The highest BCUT2D eigenvalue weighted by Crippen LogP contribution is 2.24. The summed E-state index contributed by atoms with van der Waals surface area (Å²) in [5.41, 5.74) is 5.92. The summed E-state index contributed by atoms with van der Waals surface area (Å²) in [7, 11) is 0. The van der Waals surface area contributed by atoms with Gasteiger partial charge in [-0.25, -0.2) is 4.98 Å². The topological polar surface area (TPSA) is 28.2 Å². The molecule has 0 saturated carbocycles. The van der Waals surface area contributed by atoms with Gasteiger partial charge in [0.15, 0.2) is 0 Å². The molecular weight excluding hydrogens is 266 g/mol. The van der Waals surface area contributed by atoms with E-state index in [1.165, 1.54) is 21.8 Å². The van der Waals surface area contributed by atoms with Gasteiger partial charge in [-0.05, 0) is 25.5 Å². The zero-order chi connectivity index (χ0) is 13.9. The van der Waals surface area contributed by atoms with Crippen molar-refractivity contribution in [2.75, 3.05) is 18.0 Å². The molecule has 0 saturated heterocycles. The van der Waals surface area contributed by atoms with Crippen LogP contribution in [-0.4, -0.2) is 24.1 Å². The van der Waals surface area contributed by atoms with Gasteiger partial charge < -0.3 is 10.2 Å². The van der Waals surface area contributed by atoms with Gasteiger partial charge in [0.05, 0.1) is 11.2 Å². The Morgan fingerprint density at radius 1 is 1.40 bits per heavy atom. The first-order valence-electron chi connectivity index (χ1n) is 7.19. The van der Waals surface area contributed by atoms with E-state index in [1.54, 1.807) is 11.3 Å². The number of para-hydroxylation sites is 1. The molecule has 1 aromatic heterocycles. The smallest absolute Gasteiger partial charge is 0.0797 e. The molecule has 0 amide bonds. The fourth-order valence-electron chi connectivity index (χ4n) is 2.76. The van der Waals surface area contributed by atoms with Gasteiger partial charge in [-0.15, -0.1) is 11.3 Å². The standard InChI is InChI=1S/C16H21N3S/c1-12-10-19(8-7-16-13(2)18-11-20-16)15-6-4-3-5-14(15)9-17-12/h3-6,11-12,17H,7-10H2,1-2H3. The summed E-state index contributed by atoms with van der Waals surface area (Å²) in [4.78, 5) is 8.27. The molecule has 2 aromatic rings. The maximum Gasteiger partial charge on any atom is 0.0797 e. The van der Waals surface area contributed by atoms with Gasteiger partial charge in [0, 0.05) is 42.7 Å². The zero-order valence-electron chi connectivity index (χ0n) is 12.1. The van der Waals surface area contributed by atoms with Crippen molar-refractivity contribution in [2.24, 2.45) is 0 Å². The molecule has 3 nitrogen and oxygen atoms in total. The highest BCUT2D eigenvalue weighted by molar-refractivity contribution is 7.09. The van der Waals surface area contributed by atoms with E-state index in [4.69, 9.17) is 0 Å². The minimum Gasteiger partial charge on any atom is -0.369 e. The molecule has 3 rings (SSSR count). The van der Waals surface area contributed by atoms with Crippen LogP contribution in [0.15, 0.2) is 29.8 Å². The lowest BCUT2D eigenvalue weighted by molar-refractivity contribution is 0.553. The molecule has 4 heteroatoms. The lowest BCUT2D eigenvalue weighted by Crippen LogP contribution is -2.37. The number of hydrogen-bond donors (Lipinski definition) is 1. The number of aryl methyl sites for hydroxylation is 1. The van der Waals surface area contributed by atoms with Crippen molar-refractivity contribution in [3.63, 3.8) is 0 Å². The van der Waals surface area contributed by atoms with Crippen LogP contribution in [0.4, 0.5) is 5.69 Å². The molecule has 1 atom stereocenters. The molecule has 0 aliphatic carbocycles. The molecule has 2 heterocycles. The summed E-state index contributed by atoms with van der Waals surface area (Å²) in [6.07, 6.45) is 1.08. The van der Waals surface area contributed by atoms with Crippen LogP contribution in [0.25, 0.3) is 0 Å². The maximum absolute atomic E-state index is 4.35. The minimum absolute atomic E-state index is 0.518. The second kappa shape index (κ2) is 5.94. The number of nitrogens with zero attached hydrogens (tertiary/aromatic N) is 2. The molecule has 0 fully saturated rings. The van der Waals surface area contributed by atoms with Gasteiger partial charge in [-0.3, -0.25) is 0 Å². The Morgan fingerprint density at radius 3 is 3.05 bits per heavy atom. The molecule has 1 aliphatic heterocycles. The number of anilines is 1. The quantitative estimate of drug-likeness (QED) is 0.940. The number of nitrogens with one attached hydrogen (secondary N) is 1. The fraction of sp³-hybridized carbons (Fsp3) is 0.438. The summed E-state index contributed by atoms with van der Waals surface area (Å²) in [5, 5.41) is 3.58. The maximum atomic E-state index is 4.35. The van der Waals surface area contributed by atoms with E-state index in [0.29, 0.717) is 6.04 Å². The lowest BCUT2D eigenvalue weighted by atomic mass is 10.1. The number of fused-ring (bicyclic) bond motifs is 1. The fourth-order valence-corrected chi connectivity index (χ4v) is 3.53. The third-order valence-electron chi connectivity index (χ3n) is 3.92. The molecule has 1 unspecified atom stereocenters. The van der Waals surface area contributed by atoms with Crippen LogP contribution in [0.2, 0.25) is 0 Å². The van der Waals surface area contributed by atoms with E-state index in [-0.39, 0.29) is 0 Å². The van der Waals surface area contributed by atoms with Crippen molar-refractivity contribution < 1.29 is 0 Å². The van der Waals surface area contributed by atoms with E-state index in [9.17, 15) is 0 Å². The molecule has 0 spiro atoms. The number of aromatic nitrogens is 1. The molecule has 1 aromatic carbocycles. The second-order valence-electron chi connectivity index (χ2n) is 5.47. The first-order chi connectivity index (χ1) is 9.74. The Hall–Kier alpha value is -1.39. The van der Waals surface area contributed by atoms with E-state index in [2.05, 4.69) is 53.3 Å². The van der Waals surface area contributed by atoms with Crippen molar-refractivity contribution in [3.05, 3.63) is 45.9 Å². The molecule has 106 valence electrons. The van der Waals surface area contributed by atoms with Gasteiger partial charge in [0.2, 0.25) is 0 Å². The molecule has 1 aliphatic rings. The third kappa shape index (κ3) is 2.86. The SMILES string of the molecule is Cc1ncsc1CCN1CC(C)NCc2ccccc21. The Bertz CT molecular complexity index is 579. The predicted octanol–water partition coefficient (Wildman–Crippen LogP) is 2.99. The molecule has 0 bridgehead atoms. The first-order valence-corrected chi connectivity index (χ1v) is 8.07. The first kappa shape index (κ1) is 13.6. The summed E-state index contributed by atoms with van der Waals surface area (Å²) < 4.78 is 0. The van der Waals surface area contributed by atoms with Gasteiger partial charge >= 0.3 is 0 Å². The van der Waals surface area contributed by atoms with Crippen LogP contribution in [0.1, 0.15) is 23.1 Å². The van der Waals surface area contributed by atoms with Gasteiger partial charge in [-0.2, -0.15) is 0 Å². The summed E-state index contributed by atoms with van der Waals surface area (Å²) in [6, 6.07) is 9.26. The van der Waals surface area contributed by atoms with Gasteiger partial charge in [0.1, 0.15) is 0 Å². The summed E-state index contributed by atoms with van der Waals surface area (Å²) in [6.45, 7) is 7.46. The van der Waals surface area contributed by atoms with Crippen molar-refractivity contribution in [3.8, 4) is 0 Å². The van der Waals surface area contributed by atoms with Crippen LogP contribution in [0, 0.1) is 6.92 Å². The number of rotatable bonds is 3. The van der Waals surface area contributed by atoms with Crippen LogP contribution in [0.3, 0.4) is 0 Å². The van der Waals surface area contributed by atoms with Crippen molar-refractivity contribution in [2.45, 2.75) is 32.9 Å². The van der Waals surface area contributed by atoms with Gasteiger partial charge in [-0.1, -0.05) is 18.2 Å². The number of benzene rings is 1. The summed E-state index contributed by atoms with van der Waals surface area (Å²) >= 11 is 1.77. The lowest BCUT2D eigenvalue weighted by Gasteiger charge is -2.26. The van der Waals surface area contributed by atoms with E-state index in [1.807, 2.05) is 5.51 Å². The Morgan fingerprint density at radius 2 is 2.25 bits per heavy atom. The number of hydrogen-bond acceptors (Lipinski definition) is 4. The normalized spacial score (nSPS) is 18.7. The highest BCUT2D eigenvalue weighted by Gasteiger charge is 2.18. The monoisotopic (exact) mass is 287 g/mol. The third-order valence-corrected chi connectivity index (χ3v) is 4.92. The minimum atomic E-state index is 0.518. The Kier molecular flexibility index (Phi) is 4.03. The van der Waals surface area contributed by atoms with Crippen molar-refractivity contribution in [1.29, 1.82) is 0 Å². The van der Waals surface area contributed by atoms with E-state index >= 15 is 0 Å². The van der Waals surface area contributed by atoms with E-state index in [0.717, 1.165) is 26.1 Å². The largest absolute Gasteiger partial charge is 0.369 e. The molecule has 0 radical (unpaired) electrons. The van der Waals surface area contributed by atoms with Crippen molar-refractivity contribution in [1.82, 2.24) is 10.3 Å². The van der Waals surface area contributed by atoms with Crippen LogP contribution >= 0.6 is 11.3 Å². The van der Waals surface area contributed by atoms with Gasteiger partial charge in [0.25, 0.3) is 0 Å². The van der Waals surface area contributed by atoms with Crippen molar-refractivity contribution >= 4 is 17.0 Å². The molecule has 20 heavy (non-hydrogen) atoms. The predicted molar refractivity (Wildman–Crippen MR) is 85.5 cm³/mol. The molecular formula is C16H21N3S. The second-order valence-corrected chi connectivity index (χ2v) is 6.41. The highest BCUT2D eigenvalue weighted by atomic mass is 32.1. The van der Waals surface area contributed by atoms with E-state index < -0.39 is 0 Å². The van der Waals surface area contributed by atoms with Crippen LogP contribution in [0.5, 0.6) is 0 Å². The van der Waals surface area contributed by atoms with Crippen LogP contribution in [-0.2, 0) is 13.0 Å². The zero-order valence-corrected chi connectivity index (χ0v) is 12.9. The number of thiazole rings is 1. The average Bonchev–Trinajstić information content (AvgIpc) is 2.79. The Balaban J connectivity index is 1.78. The average molecular weight is 287 g/mol. The molecule has 1 N–H and O–H groups in total. The summed E-state index contributed by atoms with van der Waals surface area (Å²) in [5.74, 6) is 0. The van der Waals surface area contributed by atoms with Crippen LogP contribution < -0.4 is 10.2 Å². The Labute approximate surface area is 124 Å².